The first-order valence-electron chi connectivity index (χ1n) is 8.18. The Morgan fingerprint density at radius 2 is 1.88 bits per heavy atom. The second kappa shape index (κ2) is 6.59. The Bertz CT molecular complexity index is 941. The number of thiophene rings is 1. The standard InChI is InChI=1S/C18H18ClN3OS2/c1-11-9-12(2)16-14(10-11)25-18(20-16)22-7-5-21(6-8-22)17(23)13-3-4-15(19)24-13/h3-4,9-10H,5-8H2,1-2H3. The molecule has 4 nitrogen and oxygen atoms in total. The summed E-state index contributed by atoms with van der Waals surface area (Å²) in [4.78, 5) is 22.3. The highest BCUT2D eigenvalue weighted by Crippen LogP contribution is 2.32. The average molecular weight is 392 g/mol. The van der Waals surface area contributed by atoms with Gasteiger partial charge in [0.2, 0.25) is 0 Å². The zero-order valence-corrected chi connectivity index (χ0v) is 16.5. The third kappa shape index (κ3) is 3.26. The van der Waals surface area contributed by atoms with Gasteiger partial charge in [0.25, 0.3) is 5.91 Å². The molecule has 0 radical (unpaired) electrons. The smallest absolute Gasteiger partial charge is 0.264 e. The number of rotatable bonds is 2. The van der Waals surface area contributed by atoms with Gasteiger partial charge in [-0.2, -0.15) is 0 Å². The van der Waals surface area contributed by atoms with Crippen LogP contribution in [0.15, 0.2) is 24.3 Å². The maximum Gasteiger partial charge on any atom is 0.264 e. The molecule has 0 unspecified atom stereocenters. The Hall–Kier alpha value is -1.63. The largest absolute Gasteiger partial charge is 0.345 e. The summed E-state index contributed by atoms with van der Waals surface area (Å²) < 4.78 is 1.89. The van der Waals surface area contributed by atoms with Crippen LogP contribution in [-0.4, -0.2) is 42.0 Å². The highest BCUT2D eigenvalue weighted by Gasteiger charge is 2.25. The third-order valence-electron chi connectivity index (χ3n) is 4.44. The Morgan fingerprint density at radius 1 is 1.12 bits per heavy atom. The van der Waals surface area contributed by atoms with E-state index in [2.05, 4.69) is 30.9 Å². The fourth-order valence-corrected chi connectivity index (χ4v) is 5.38. The molecule has 3 aromatic rings. The molecule has 1 aliphatic heterocycles. The van der Waals surface area contributed by atoms with Crippen molar-refractivity contribution < 1.29 is 4.79 Å². The highest BCUT2D eigenvalue weighted by atomic mass is 35.5. The van der Waals surface area contributed by atoms with Crippen molar-refractivity contribution in [2.24, 2.45) is 0 Å². The lowest BCUT2D eigenvalue weighted by Gasteiger charge is -2.34. The van der Waals surface area contributed by atoms with Gasteiger partial charge in [0, 0.05) is 26.2 Å². The van der Waals surface area contributed by atoms with Gasteiger partial charge >= 0.3 is 0 Å². The maximum absolute atomic E-state index is 12.5. The summed E-state index contributed by atoms with van der Waals surface area (Å²) in [6.07, 6.45) is 0. The molecule has 130 valence electrons. The number of carbonyl (C=O) groups excluding carboxylic acids is 1. The minimum Gasteiger partial charge on any atom is -0.345 e. The molecular weight excluding hydrogens is 374 g/mol. The van der Waals surface area contributed by atoms with Crippen molar-refractivity contribution in [3.8, 4) is 0 Å². The van der Waals surface area contributed by atoms with E-state index >= 15 is 0 Å². The number of amides is 1. The zero-order valence-electron chi connectivity index (χ0n) is 14.1. The number of aromatic nitrogens is 1. The fraction of sp³-hybridized carbons (Fsp3) is 0.333. The molecule has 25 heavy (non-hydrogen) atoms. The summed E-state index contributed by atoms with van der Waals surface area (Å²) in [5.41, 5.74) is 3.59. The van der Waals surface area contributed by atoms with Gasteiger partial charge in [-0.15, -0.1) is 11.3 Å². The molecule has 1 saturated heterocycles. The molecule has 1 amide bonds. The predicted octanol–water partition coefficient (Wildman–Crippen LogP) is 4.59. The summed E-state index contributed by atoms with van der Waals surface area (Å²) in [7, 11) is 0. The number of anilines is 1. The van der Waals surface area contributed by atoms with Crippen LogP contribution in [0, 0.1) is 13.8 Å². The summed E-state index contributed by atoms with van der Waals surface area (Å²) >= 11 is 9.02. The molecule has 0 aliphatic carbocycles. The minimum absolute atomic E-state index is 0.0762. The van der Waals surface area contributed by atoms with Crippen LogP contribution >= 0.6 is 34.3 Å². The molecular formula is C18H18ClN3OS2. The second-order valence-electron chi connectivity index (χ2n) is 6.31. The van der Waals surface area contributed by atoms with Crippen LogP contribution in [0.3, 0.4) is 0 Å². The topological polar surface area (TPSA) is 36.4 Å². The van der Waals surface area contributed by atoms with Crippen molar-refractivity contribution in [3.63, 3.8) is 0 Å². The van der Waals surface area contributed by atoms with Crippen LogP contribution in [0.4, 0.5) is 5.13 Å². The molecule has 0 bridgehead atoms. The zero-order chi connectivity index (χ0) is 17.6. The molecule has 0 atom stereocenters. The van der Waals surface area contributed by atoms with Gasteiger partial charge in [-0.25, -0.2) is 4.98 Å². The number of fused-ring (bicyclic) bond motifs is 1. The number of aryl methyl sites for hydroxylation is 2. The van der Waals surface area contributed by atoms with E-state index < -0.39 is 0 Å². The number of benzene rings is 1. The second-order valence-corrected chi connectivity index (χ2v) is 9.03. The number of hydrogen-bond acceptors (Lipinski definition) is 5. The number of carbonyl (C=O) groups is 1. The molecule has 3 heterocycles. The van der Waals surface area contributed by atoms with Gasteiger partial charge in [0.1, 0.15) is 0 Å². The van der Waals surface area contributed by atoms with Crippen LogP contribution in [0.1, 0.15) is 20.8 Å². The third-order valence-corrected chi connectivity index (χ3v) is 6.72. The van der Waals surface area contributed by atoms with Crippen LogP contribution in [0.5, 0.6) is 0 Å². The normalized spacial score (nSPS) is 15.2. The predicted molar refractivity (Wildman–Crippen MR) is 107 cm³/mol. The molecule has 0 spiro atoms. The van der Waals surface area contributed by atoms with Crippen molar-refractivity contribution in [1.82, 2.24) is 9.88 Å². The Morgan fingerprint density at radius 3 is 2.56 bits per heavy atom. The van der Waals surface area contributed by atoms with Crippen molar-refractivity contribution in [1.29, 1.82) is 0 Å². The van der Waals surface area contributed by atoms with Crippen molar-refractivity contribution in [2.45, 2.75) is 13.8 Å². The van der Waals surface area contributed by atoms with E-state index in [9.17, 15) is 4.79 Å². The van der Waals surface area contributed by atoms with E-state index in [1.54, 1.807) is 23.5 Å². The Balaban J connectivity index is 1.48. The van der Waals surface area contributed by atoms with Gasteiger partial charge in [0.05, 0.1) is 19.4 Å². The lowest BCUT2D eigenvalue weighted by molar-refractivity contribution is 0.0751. The van der Waals surface area contributed by atoms with Crippen LogP contribution in [-0.2, 0) is 0 Å². The van der Waals surface area contributed by atoms with E-state index in [1.165, 1.54) is 27.2 Å². The van der Waals surface area contributed by atoms with Gasteiger partial charge < -0.3 is 9.80 Å². The number of halogens is 1. The van der Waals surface area contributed by atoms with Crippen molar-refractivity contribution in [3.05, 3.63) is 44.6 Å². The molecule has 2 aromatic heterocycles. The summed E-state index contributed by atoms with van der Waals surface area (Å²) in [6.45, 7) is 7.27. The Kier molecular flexibility index (Phi) is 4.43. The number of thiazole rings is 1. The fourth-order valence-electron chi connectivity index (χ4n) is 3.18. The minimum atomic E-state index is 0.0762. The molecule has 0 N–H and O–H groups in total. The first-order valence-corrected chi connectivity index (χ1v) is 10.2. The van der Waals surface area contributed by atoms with Crippen LogP contribution < -0.4 is 4.90 Å². The molecule has 1 fully saturated rings. The van der Waals surface area contributed by atoms with E-state index in [-0.39, 0.29) is 5.91 Å². The average Bonchev–Trinajstić information content (AvgIpc) is 3.21. The first-order chi connectivity index (χ1) is 12.0. The van der Waals surface area contributed by atoms with E-state index in [0.29, 0.717) is 22.3 Å². The van der Waals surface area contributed by atoms with Gasteiger partial charge in [-0.3, -0.25) is 4.79 Å². The van der Waals surface area contributed by atoms with E-state index in [4.69, 9.17) is 16.6 Å². The molecule has 0 saturated carbocycles. The van der Waals surface area contributed by atoms with Crippen molar-refractivity contribution in [2.75, 3.05) is 31.1 Å². The maximum atomic E-state index is 12.5. The molecule has 7 heteroatoms. The lowest BCUT2D eigenvalue weighted by atomic mass is 10.1. The molecule has 1 aromatic carbocycles. The Labute approximate surface area is 159 Å². The van der Waals surface area contributed by atoms with Gasteiger partial charge in [0.15, 0.2) is 5.13 Å². The van der Waals surface area contributed by atoms with Crippen LogP contribution in [0.2, 0.25) is 4.34 Å². The summed E-state index contributed by atoms with van der Waals surface area (Å²) in [5.74, 6) is 0.0762. The molecule has 1 aliphatic rings. The number of nitrogens with zero attached hydrogens (tertiary/aromatic N) is 3. The number of hydrogen-bond donors (Lipinski definition) is 0. The molecule has 4 rings (SSSR count). The highest BCUT2D eigenvalue weighted by molar-refractivity contribution is 7.22. The summed E-state index contributed by atoms with van der Waals surface area (Å²) in [5, 5.41) is 1.05. The monoisotopic (exact) mass is 391 g/mol. The van der Waals surface area contributed by atoms with Crippen LogP contribution in [0.25, 0.3) is 10.2 Å². The quantitative estimate of drug-likeness (QED) is 0.641. The van der Waals surface area contributed by atoms with Gasteiger partial charge in [-0.05, 0) is 43.2 Å². The van der Waals surface area contributed by atoms with Gasteiger partial charge in [-0.1, -0.05) is 29.0 Å². The SMILES string of the molecule is Cc1cc(C)c2nc(N3CCN(C(=O)c4ccc(Cl)s4)CC3)sc2c1. The van der Waals surface area contributed by atoms with E-state index in [0.717, 1.165) is 23.7 Å². The summed E-state index contributed by atoms with van der Waals surface area (Å²) in [6, 6.07) is 7.96. The lowest BCUT2D eigenvalue weighted by Crippen LogP contribution is -2.48. The van der Waals surface area contributed by atoms with Crippen molar-refractivity contribution >= 4 is 55.5 Å². The first kappa shape index (κ1) is 16.8. The number of piperazine rings is 1. The van der Waals surface area contributed by atoms with E-state index in [1.807, 2.05) is 4.90 Å².